The van der Waals surface area contributed by atoms with Crippen molar-refractivity contribution in [3.63, 3.8) is 0 Å². The summed E-state index contributed by atoms with van der Waals surface area (Å²) in [6, 6.07) is 11.4. The monoisotopic (exact) mass is 251 g/mol. The number of rotatable bonds is 3. The van der Waals surface area contributed by atoms with Crippen molar-refractivity contribution >= 4 is 17.3 Å². The quantitative estimate of drug-likeness (QED) is 0.846. The lowest BCUT2D eigenvalue weighted by Gasteiger charge is -2.09. The Labute approximate surface area is 104 Å². The van der Waals surface area contributed by atoms with E-state index in [1.165, 1.54) is 6.07 Å². The van der Waals surface area contributed by atoms with Crippen LogP contribution in [-0.2, 0) is 6.61 Å². The maximum Gasteiger partial charge on any atom is 0.131 e. The first kappa shape index (κ1) is 11.7. The first-order chi connectivity index (χ1) is 8.16. The summed E-state index contributed by atoms with van der Waals surface area (Å²) in [5.41, 5.74) is 6.42. The van der Waals surface area contributed by atoms with E-state index in [1.54, 1.807) is 36.4 Å². The molecule has 0 fully saturated rings. The molecule has 2 nitrogen and oxygen atoms in total. The van der Waals surface area contributed by atoms with Gasteiger partial charge in [-0.25, -0.2) is 4.39 Å². The summed E-state index contributed by atoms with van der Waals surface area (Å²) in [7, 11) is 0. The van der Waals surface area contributed by atoms with Crippen LogP contribution in [0.5, 0.6) is 5.75 Å². The van der Waals surface area contributed by atoms with Crippen molar-refractivity contribution < 1.29 is 9.13 Å². The predicted molar refractivity (Wildman–Crippen MR) is 66.6 cm³/mol. The van der Waals surface area contributed by atoms with E-state index >= 15 is 0 Å². The molecule has 0 atom stereocenters. The van der Waals surface area contributed by atoms with E-state index < -0.39 is 0 Å². The zero-order valence-corrected chi connectivity index (χ0v) is 9.75. The van der Waals surface area contributed by atoms with Gasteiger partial charge in [0.25, 0.3) is 0 Å². The van der Waals surface area contributed by atoms with Crippen LogP contribution in [0.3, 0.4) is 0 Å². The fourth-order valence-electron chi connectivity index (χ4n) is 1.41. The average molecular weight is 252 g/mol. The smallest absolute Gasteiger partial charge is 0.131 e. The minimum atomic E-state index is -0.362. The van der Waals surface area contributed by atoms with Crippen LogP contribution in [-0.4, -0.2) is 0 Å². The number of hydrogen-bond acceptors (Lipinski definition) is 2. The van der Waals surface area contributed by atoms with E-state index in [4.69, 9.17) is 22.1 Å². The highest BCUT2D eigenvalue weighted by molar-refractivity contribution is 6.30. The highest BCUT2D eigenvalue weighted by Gasteiger charge is 2.06. The van der Waals surface area contributed by atoms with Crippen LogP contribution in [0.25, 0.3) is 0 Å². The molecule has 0 spiro atoms. The fourth-order valence-corrected chi connectivity index (χ4v) is 1.54. The standard InChI is InChI=1S/C13H11ClFNO/c14-9-4-6-10(7-5-9)17-8-11-12(15)2-1-3-13(11)16/h1-7H,8,16H2. The molecule has 0 amide bonds. The molecule has 4 heteroatoms. The molecule has 17 heavy (non-hydrogen) atoms. The van der Waals surface area contributed by atoms with E-state index in [0.717, 1.165) is 0 Å². The molecule has 0 unspecified atom stereocenters. The van der Waals surface area contributed by atoms with E-state index in [0.29, 0.717) is 22.0 Å². The zero-order chi connectivity index (χ0) is 12.3. The summed E-state index contributed by atoms with van der Waals surface area (Å²) < 4.78 is 18.9. The largest absolute Gasteiger partial charge is 0.489 e. The van der Waals surface area contributed by atoms with Crippen molar-refractivity contribution in [2.24, 2.45) is 0 Å². The molecule has 2 aromatic carbocycles. The van der Waals surface area contributed by atoms with Gasteiger partial charge in [0.2, 0.25) is 0 Å². The molecule has 2 rings (SSSR count). The van der Waals surface area contributed by atoms with Crippen molar-refractivity contribution in [3.8, 4) is 5.75 Å². The van der Waals surface area contributed by atoms with E-state index in [1.807, 2.05) is 0 Å². The van der Waals surface area contributed by atoms with Gasteiger partial charge in [-0.15, -0.1) is 0 Å². The lowest BCUT2D eigenvalue weighted by atomic mass is 10.2. The van der Waals surface area contributed by atoms with Crippen molar-refractivity contribution in [1.82, 2.24) is 0 Å². The number of hydrogen-bond donors (Lipinski definition) is 1. The Balaban J connectivity index is 2.10. The first-order valence-corrected chi connectivity index (χ1v) is 5.46. The Morgan fingerprint density at radius 3 is 2.47 bits per heavy atom. The van der Waals surface area contributed by atoms with Crippen molar-refractivity contribution in [3.05, 3.63) is 58.9 Å². The van der Waals surface area contributed by atoms with Crippen LogP contribution in [0.2, 0.25) is 5.02 Å². The van der Waals surface area contributed by atoms with Crippen LogP contribution in [0, 0.1) is 5.82 Å². The van der Waals surface area contributed by atoms with Gasteiger partial charge in [0, 0.05) is 16.3 Å². The minimum absolute atomic E-state index is 0.0974. The van der Waals surface area contributed by atoms with E-state index in [2.05, 4.69) is 0 Å². The Hall–Kier alpha value is -1.74. The molecule has 0 heterocycles. The van der Waals surface area contributed by atoms with Gasteiger partial charge in [-0.3, -0.25) is 0 Å². The molecular formula is C13H11ClFNO. The third-order valence-corrected chi connectivity index (χ3v) is 2.60. The number of halogens is 2. The molecule has 0 aliphatic carbocycles. The van der Waals surface area contributed by atoms with Crippen LogP contribution >= 0.6 is 11.6 Å². The summed E-state index contributed by atoms with van der Waals surface area (Å²) in [5, 5.41) is 0.628. The summed E-state index contributed by atoms with van der Waals surface area (Å²) in [5.74, 6) is 0.260. The Morgan fingerprint density at radius 1 is 1.12 bits per heavy atom. The van der Waals surface area contributed by atoms with Crippen LogP contribution < -0.4 is 10.5 Å². The second kappa shape index (κ2) is 5.06. The van der Waals surface area contributed by atoms with Gasteiger partial charge in [-0.1, -0.05) is 17.7 Å². The Kier molecular flexibility index (Phi) is 3.49. The number of anilines is 1. The van der Waals surface area contributed by atoms with Crippen molar-refractivity contribution in [2.45, 2.75) is 6.61 Å². The summed E-state index contributed by atoms with van der Waals surface area (Å²) in [6.07, 6.45) is 0. The predicted octanol–water partition coefficient (Wildman–Crippen LogP) is 3.64. The van der Waals surface area contributed by atoms with E-state index in [-0.39, 0.29) is 12.4 Å². The third-order valence-electron chi connectivity index (χ3n) is 2.35. The highest BCUT2D eigenvalue weighted by atomic mass is 35.5. The SMILES string of the molecule is Nc1cccc(F)c1COc1ccc(Cl)cc1. The molecule has 0 bridgehead atoms. The molecule has 0 saturated carbocycles. The molecule has 0 radical (unpaired) electrons. The molecule has 0 saturated heterocycles. The molecule has 0 aliphatic rings. The number of ether oxygens (including phenoxy) is 1. The van der Waals surface area contributed by atoms with Crippen LogP contribution in [0.4, 0.5) is 10.1 Å². The lowest BCUT2D eigenvalue weighted by molar-refractivity contribution is 0.300. The Bertz CT molecular complexity index is 493. The van der Waals surface area contributed by atoms with Crippen molar-refractivity contribution in [2.75, 3.05) is 5.73 Å². The topological polar surface area (TPSA) is 35.2 Å². The van der Waals surface area contributed by atoms with Gasteiger partial charge >= 0.3 is 0 Å². The van der Waals surface area contributed by atoms with Crippen LogP contribution in [0.1, 0.15) is 5.56 Å². The first-order valence-electron chi connectivity index (χ1n) is 5.08. The van der Waals surface area contributed by atoms with Gasteiger partial charge in [0.1, 0.15) is 18.2 Å². The second-order valence-electron chi connectivity index (χ2n) is 3.55. The second-order valence-corrected chi connectivity index (χ2v) is 3.99. The summed E-state index contributed by atoms with van der Waals surface area (Å²) in [4.78, 5) is 0. The van der Waals surface area contributed by atoms with Gasteiger partial charge in [0.05, 0.1) is 0 Å². The third kappa shape index (κ3) is 2.88. The molecular weight excluding hydrogens is 241 g/mol. The van der Waals surface area contributed by atoms with Gasteiger partial charge in [-0.2, -0.15) is 0 Å². The zero-order valence-electron chi connectivity index (χ0n) is 8.99. The fraction of sp³-hybridized carbons (Fsp3) is 0.0769. The van der Waals surface area contributed by atoms with Gasteiger partial charge in [-0.05, 0) is 36.4 Å². The normalized spacial score (nSPS) is 10.2. The molecule has 0 aliphatic heterocycles. The number of nitrogens with two attached hydrogens (primary N) is 1. The van der Waals surface area contributed by atoms with Gasteiger partial charge in [0.15, 0.2) is 0 Å². The Morgan fingerprint density at radius 2 is 1.82 bits per heavy atom. The maximum atomic E-state index is 13.4. The van der Waals surface area contributed by atoms with Crippen LogP contribution in [0.15, 0.2) is 42.5 Å². The number of nitrogen functional groups attached to an aromatic ring is 1. The molecule has 88 valence electrons. The summed E-state index contributed by atoms with van der Waals surface area (Å²) in [6.45, 7) is 0.0974. The molecule has 2 aromatic rings. The van der Waals surface area contributed by atoms with E-state index in [9.17, 15) is 4.39 Å². The van der Waals surface area contributed by atoms with Gasteiger partial charge < -0.3 is 10.5 Å². The lowest BCUT2D eigenvalue weighted by Crippen LogP contribution is -2.02. The average Bonchev–Trinajstić information content (AvgIpc) is 2.31. The number of benzene rings is 2. The molecule has 2 N–H and O–H groups in total. The molecule has 0 aromatic heterocycles. The summed E-state index contributed by atoms with van der Waals surface area (Å²) >= 11 is 5.74. The minimum Gasteiger partial charge on any atom is -0.489 e. The highest BCUT2D eigenvalue weighted by Crippen LogP contribution is 2.20. The maximum absolute atomic E-state index is 13.4. The van der Waals surface area contributed by atoms with Crippen molar-refractivity contribution in [1.29, 1.82) is 0 Å².